The Labute approximate surface area is 153 Å². The maximum absolute atomic E-state index is 10.7. The quantitative estimate of drug-likeness (QED) is 0.324. The highest BCUT2D eigenvalue weighted by atomic mass is 16.6. The highest BCUT2D eigenvalue weighted by Gasteiger charge is 2.08. The number of benzene rings is 2. The second-order valence-electron chi connectivity index (χ2n) is 5.62. The molecule has 4 aromatic rings. The lowest BCUT2D eigenvalue weighted by Crippen LogP contribution is -1.95. The van der Waals surface area contributed by atoms with Crippen LogP contribution in [0, 0.1) is 10.1 Å². The molecule has 2 aromatic heterocycles. The fourth-order valence-corrected chi connectivity index (χ4v) is 2.58. The number of furan rings is 1. The van der Waals surface area contributed by atoms with Crippen LogP contribution < -0.4 is 5.43 Å². The molecule has 27 heavy (non-hydrogen) atoms. The van der Waals surface area contributed by atoms with Crippen molar-refractivity contribution in [3.8, 4) is 11.3 Å². The van der Waals surface area contributed by atoms with Crippen molar-refractivity contribution >= 4 is 28.6 Å². The number of hydrazone groups is 1. The van der Waals surface area contributed by atoms with Gasteiger partial charge in [0.15, 0.2) is 5.82 Å². The molecule has 8 heteroatoms. The molecule has 0 aliphatic heterocycles. The van der Waals surface area contributed by atoms with Crippen molar-refractivity contribution in [2.24, 2.45) is 5.10 Å². The molecule has 0 atom stereocenters. The van der Waals surface area contributed by atoms with E-state index in [9.17, 15) is 10.1 Å². The van der Waals surface area contributed by atoms with Crippen LogP contribution in [0.25, 0.3) is 22.2 Å². The van der Waals surface area contributed by atoms with Crippen molar-refractivity contribution in [3.05, 3.63) is 82.9 Å². The zero-order chi connectivity index (χ0) is 18.6. The molecule has 2 heterocycles. The van der Waals surface area contributed by atoms with E-state index in [1.807, 2.05) is 24.3 Å². The third kappa shape index (κ3) is 3.49. The van der Waals surface area contributed by atoms with Gasteiger partial charge in [-0.2, -0.15) is 5.10 Å². The number of hydrogen-bond acceptors (Lipinski definition) is 7. The summed E-state index contributed by atoms with van der Waals surface area (Å²) in [5, 5.41) is 15.7. The smallest absolute Gasteiger partial charge is 0.269 e. The van der Waals surface area contributed by atoms with Crippen molar-refractivity contribution in [1.82, 2.24) is 9.97 Å². The highest BCUT2D eigenvalue weighted by Crippen LogP contribution is 2.24. The summed E-state index contributed by atoms with van der Waals surface area (Å²) < 4.78 is 5.70. The van der Waals surface area contributed by atoms with Crippen molar-refractivity contribution in [3.63, 3.8) is 0 Å². The Bertz CT molecular complexity index is 1130. The van der Waals surface area contributed by atoms with E-state index in [0.29, 0.717) is 17.3 Å². The van der Waals surface area contributed by atoms with Crippen LogP contribution in [0.15, 0.2) is 76.5 Å². The summed E-state index contributed by atoms with van der Waals surface area (Å²) in [5.74, 6) is 1.73. The lowest BCUT2D eigenvalue weighted by atomic mass is 10.1. The average Bonchev–Trinajstić information content (AvgIpc) is 3.17. The molecule has 0 saturated carbocycles. The normalized spacial score (nSPS) is 11.1. The van der Waals surface area contributed by atoms with Gasteiger partial charge in [-0.25, -0.2) is 9.97 Å². The SMILES string of the molecule is O=[N+]([O-])c1ccc(-c2ccc(/C=N/Nc3ncnc4ccccc34)o2)cc1. The van der Waals surface area contributed by atoms with Gasteiger partial charge in [-0.1, -0.05) is 12.1 Å². The van der Waals surface area contributed by atoms with Crippen molar-refractivity contribution in [2.75, 3.05) is 5.43 Å². The summed E-state index contributed by atoms with van der Waals surface area (Å²) in [4.78, 5) is 18.7. The van der Waals surface area contributed by atoms with Crippen LogP contribution in [0.3, 0.4) is 0 Å². The van der Waals surface area contributed by atoms with E-state index in [-0.39, 0.29) is 5.69 Å². The van der Waals surface area contributed by atoms with E-state index < -0.39 is 4.92 Å². The molecule has 0 radical (unpaired) electrons. The number of aromatic nitrogens is 2. The first-order valence-corrected chi connectivity index (χ1v) is 8.04. The molecular formula is C19H13N5O3. The minimum atomic E-state index is -0.438. The van der Waals surface area contributed by atoms with E-state index in [4.69, 9.17) is 4.42 Å². The van der Waals surface area contributed by atoms with Crippen LogP contribution in [-0.2, 0) is 0 Å². The number of fused-ring (bicyclic) bond motifs is 1. The summed E-state index contributed by atoms with van der Waals surface area (Å²) in [5.41, 5.74) is 4.49. The van der Waals surface area contributed by atoms with Crippen LogP contribution in [0.1, 0.15) is 5.76 Å². The van der Waals surface area contributed by atoms with E-state index in [0.717, 1.165) is 16.5 Å². The maximum atomic E-state index is 10.7. The van der Waals surface area contributed by atoms with E-state index in [1.54, 1.807) is 24.3 Å². The Hall–Kier alpha value is -4.07. The van der Waals surface area contributed by atoms with Crippen LogP contribution in [0.2, 0.25) is 0 Å². The van der Waals surface area contributed by atoms with Gasteiger partial charge in [-0.05, 0) is 36.4 Å². The predicted molar refractivity (Wildman–Crippen MR) is 102 cm³/mol. The van der Waals surface area contributed by atoms with Gasteiger partial charge in [0.1, 0.15) is 17.8 Å². The summed E-state index contributed by atoms with van der Waals surface area (Å²) in [7, 11) is 0. The number of nitrogens with zero attached hydrogens (tertiary/aromatic N) is 4. The first-order chi connectivity index (χ1) is 13.2. The maximum Gasteiger partial charge on any atom is 0.269 e. The van der Waals surface area contributed by atoms with Crippen molar-refractivity contribution in [1.29, 1.82) is 0 Å². The predicted octanol–water partition coefficient (Wildman–Crippen LogP) is 4.24. The van der Waals surface area contributed by atoms with Gasteiger partial charge in [-0.3, -0.25) is 15.5 Å². The lowest BCUT2D eigenvalue weighted by Gasteiger charge is -2.02. The largest absolute Gasteiger partial charge is 0.455 e. The molecule has 0 spiro atoms. The molecule has 0 bridgehead atoms. The molecule has 0 aliphatic carbocycles. The van der Waals surface area contributed by atoms with Gasteiger partial charge < -0.3 is 4.42 Å². The molecule has 0 amide bonds. The average molecular weight is 359 g/mol. The highest BCUT2D eigenvalue weighted by molar-refractivity contribution is 5.89. The Kier molecular flexibility index (Phi) is 4.28. The summed E-state index contributed by atoms with van der Waals surface area (Å²) in [6.07, 6.45) is 3.01. The number of non-ortho nitro benzene ring substituents is 1. The molecule has 0 fully saturated rings. The van der Waals surface area contributed by atoms with Crippen LogP contribution in [0.5, 0.6) is 0 Å². The molecule has 2 aromatic carbocycles. The zero-order valence-electron chi connectivity index (χ0n) is 13.9. The molecule has 0 aliphatic rings. The molecule has 132 valence electrons. The number of nitro groups is 1. The Morgan fingerprint density at radius 1 is 1.04 bits per heavy atom. The first kappa shape index (κ1) is 16.4. The van der Waals surface area contributed by atoms with Crippen molar-refractivity contribution in [2.45, 2.75) is 0 Å². The molecule has 8 nitrogen and oxygen atoms in total. The molecular weight excluding hydrogens is 346 g/mol. The van der Waals surface area contributed by atoms with Gasteiger partial charge in [0.25, 0.3) is 5.69 Å². The van der Waals surface area contributed by atoms with Gasteiger partial charge in [-0.15, -0.1) is 0 Å². The van der Waals surface area contributed by atoms with E-state index >= 15 is 0 Å². The van der Waals surface area contributed by atoms with E-state index in [1.165, 1.54) is 24.7 Å². The standard InChI is InChI=1S/C19H13N5O3/c25-24(26)14-7-5-13(6-8-14)18-10-9-15(27-18)11-22-23-19-16-3-1-2-4-17(16)20-12-21-19/h1-12H,(H,20,21,23)/b22-11+. The minimum Gasteiger partial charge on any atom is -0.455 e. The molecule has 0 unspecified atom stereocenters. The second kappa shape index (κ2) is 7.04. The van der Waals surface area contributed by atoms with Crippen LogP contribution in [-0.4, -0.2) is 21.1 Å². The summed E-state index contributed by atoms with van der Waals surface area (Å²) in [6.45, 7) is 0. The van der Waals surface area contributed by atoms with Gasteiger partial charge in [0.05, 0.1) is 16.7 Å². The number of nitro benzene ring substituents is 1. The fraction of sp³-hybridized carbons (Fsp3) is 0. The third-order valence-corrected chi connectivity index (χ3v) is 3.89. The second-order valence-corrected chi connectivity index (χ2v) is 5.62. The molecule has 1 N–H and O–H groups in total. The van der Waals surface area contributed by atoms with Crippen LogP contribution >= 0.6 is 0 Å². The van der Waals surface area contributed by atoms with Gasteiger partial charge in [0.2, 0.25) is 0 Å². The Balaban J connectivity index is 1.49. The lowest BCUT2D eigenvalue weighted by molar-refractivity contribution is -0.384. The monoisotopic (exact) mass is 359 g/mol. The summed E-state index contributed by atoms with van der Waals surface area (Å²) in [6, 6.07) is 17.3. The Morgan fingerprint density at radius 3 is 2.67 bits per heavy atom. The number of para-hydroxylation sites is 1. The van der Waals surface area contributed by atoms with Crippen molar-refractivity contribution < 1.29 is 9.34 Å². The molecule has 4 rings (SSSR count). The zero-order valence-corrected chi connectivity index (χ0v) is 13.9. The topological polar surface area (TPSA) is 106 Å². The summed E-state index contributed by atoms with van der Waals surface area (Å²) >= 11 is 0. The minimum absolute atomic E-state index is 0.0355. The van der Waals surface area contributed by atoms with E-state index in [2.05, 4.69) is 20.5 Å². The first-order valence-electron chi connectivity index (χ1n) is 8.04. The van der Waals surface area contributed by atoms with Gasteiger partial charge >= 0.3 is 0 Å². The fourth-order valence-electron chi connectivity index (χ4n) is 2.58. The van der Waals surface area contributed by atoms with Crippen LogP contribution in [0.4, 0.5) is 11.5 Å². The molecule has 0 saturated heterocycles. The number of anilines is 1. The van der Waals surface area contributed by atoms with Gasteiger partial charge in [0, 0.05) is 23.1 Å². The number of rotatable bonds is 5. The Morgan fingerprint density at radius 2 is 1.85 bits per heavy atom. The number of nitrogens with one attached hydrogen (secondary N) is 1. The third-order valence-electron chi connectivity index (χ3n) is 3.89. The number of hydrogen-bond donors (Lipinski definition) is 1.